The molecule has 1 aromatic rings. The molecule has 1 atom stereocenters. The monoisotopic (exact) mass is 222 g/mol. The van der Waals surface area contributed by atoms with Gasteiger partial charge in [0.05, 0.1) is 0 Å². The number of amides is 1. The lowest BCUT2D eigenvalue weighted by Gasteiger charge is -2.33. The van der Waals surface area contributed by atoms with E-state index in [1.165, 1.54) is 0 Å². The molecule has 1 N–H and O–H groups in total. The van der Waals surface area contributed by atoms with Gasteiger partial charge in [-0.2, -0.15) is 5.10 Å². The summed E-state index contributed by atoms with van der Waals surface area (Å²) in [6.07, 6.45) is 0. The Balaban J connectivity index is 2.17. The van der Waals surface area contributed by atoms with Crippen molar-refractivity contribution in [2.45, 2.75) is 19.9 Å². The minimum absolute atomic E-state index is 0.0395. The molecule has 0 bridgehead atoms. The molecule has 0 spiro atoms. The summed E-state index contributed by atoms with van der Waals surface area (Å²) < 4.78 is 1.74. The first-order valence-electron chi connectivity index (χ1n) is 5.62. The molecule has 5 nitrogen and oxygen atoms in total. The molecule has 0 aliphatic carbocycles. The van der Waals surface area contributed by atoms with Crippen molar-refractivity contribution in [3.8, 4) is 0 Å². The van der Waals surface area contributed by atoms with Crippen LogP contribution in [0.3, 0.4) is 0 Å². The van der Waals surface area contributed by atoms with Gasteiger partial charge in [0.1, 0.15) is 0 Å². The minimum Gasteiger partial charge on any atom is -0.332 e. The molecular formula is C11H18N4O. The van der Waals surface area contributed by atoms with Crippen LogP contribution < -0.4 is 5.32 Å². The number of hydrogen-bond acceptors (Lipinski definition) is 3. The Hall–Kier alpha value is -1.36. The van der Waals surface area contributed by atoms with Crippen LogP contribution in [0.25, 0.3) is 0 Å². The zero-order chi connectivity index (χ0) is 11.7. The molecule has 0 radical (unpaired) electrons. The van der Waals surface area contributed by atoms with Gasteiger partial charge in [-0.05, 0) is 19.9 Å². The highest BCUT2D eigenvalue weighted by Crippen LogP contribution is 2.10. The van der Waals surface area contributed by atoms with Crippen molar-refractivity contribution in [2.75, 3.05) is 19.6 Å². The van der Waals surface area contributed by atoms with Crippen LogP contribution in [0.15, 0.2) is 6.07 Å². The van der Waals surface area contributed by atoms with Gasteiger partial charge >= 0.3 is 0 Å². The second-order valence-corrected chi connectivity index (χ2v) is 4.35. The fraction of sp³-hybridized carbons (Fsp3) is 0.636. The highest BCUT2D eigenvalue weighted by atomic mass is 16.2. The van der Waals surface area contributed by atoms with Gasteiger partial charge in [-0.15, -0.1) is 0 Å². The SMILES string of the molecule is Cc1cc(C(=O)N2CCNCC2C)nn1C. The number of rotatable bonds is 1. The maximum Gasteiger partial charge on any atom is 0.274 e. The molecule has 1 aromatic heterocycles. The average molecular weight is 222 g/mol. The van der Waals surface area contributed by atoms with Crippen molar-refractivity contribution in [3.05, 3.63) is 17.5 Å². The van der Waals surface area contributed by atoms with Crippen molar-refractivity contribution in [2.24, 2.45) is 7.05 Å². The first kappa shape index (κ1) is 11.1. The first-order valence-corrected chi connectivity index (χ1v) is 5.62. The third-order valence-corrected chi connectivity index (χ3v) is 3.10. The van der Waals surface area contributed by atoms with Gasteiger partial charge in [0.2, 0.25) is 0 Å². The predicted molar refractivity (Wildman–Crippen MR) is 61.3 cm³/mol. The summed E-state index contributed by atoms with van der Waals surface area (Å²) in [4.78, 5) is 14.1. The molecule has 2 rings (SSSR count). The molecule has 5 heteroatoms. The Morgan fingerprint density at radius 3 is 2.94 bits per heavy atom. The normalized spacial score (nSPS) is 21.2. The van der Waals surface area contributed by atoms with E-state index in [2.05, 4.69) is 17.3 Å². The van der Waals surface area contributed by atoms with E-state index in [0.29, 0.717) is 5.69 Å². The number of aryl methyl sites for hydroxylation is 2. The van der Waals surface area contributed by atoms with Crippen LogP contribution >= 0.6 is 0 Å². The fourth-order valence-corrected chi connectivity index (χ4v) is 1.96. The molecule has 1 saturated heterocycles. The van der Waals surface area contributed by atoms with Crippen LogP contribution in [0, 0.1) is 6.92 Å². The van der Waals surface area contributed by atoms with Crippen LogP contribution in [0.4, 0.5) is 0 Å². The molecular weight excluding hydrogens is 204 g/mol. The summed E-state index contributed by atoms with van der Waals surface area (Å²) >= 11 is 0. The van der Waals surface area contributed by atoms with Crippen molar-refractivity contribution < 1.29 is 4.79 Å². The smallest absolute Gasteiger partial charge is 0.274 e. The first-order chi connectivity index (χ1) is 7.59. The molecule has 88 valence electrons. The van der Waals surface area contributed by atoms with E-state index in [1.807, 2.05) is 24.9 Å². The maximum absolute atomic E-state index is 12.2. The van der Waals surface area contributed by atoms with E-state index in [1.54, 1.807) is 4.68 Å². The highest BCUT2D eigenvalue weighted by molar-refractivity contribution is 5.92. The molecule has 1 aliphatic heterocycles. The minimum atomic E-state index is 0.0395. The van der Waals surface area contributed by atoms with Gasteiger partial charge in [-0.3, -0.25) is 9.48 Å². The number of hydrogen-bond donors (Lipinski definition) is 1. The largest absolute Gasteiger partial charge is 0.332 e. The third kappa shape index (κ3) is 1.95. The van der Waals surface area contributed by atoms with E-state index in [-0.39, 0.29) is 11.9 Å². The highest BCUT2D eigenvalue weighted by Gasteiger charge is 2.25. The zero-order valence-corrected chi connectivity index (χ0v) is 10.0. The van der Waals surface area contributed by atoms with Crippen LogP contribution in [0.1, 0.15) is 23.1 Å². The Kier molecular flexibility index (Phi) is 2.96. The molecule has 0 saturated carbocycles. The van der Waals surface area contributed by atoms with Gasteiger partial charge in [0.25, 0.3) is 5.91 Å². The van der Waals surface area contributed by atoms with Gasteiger partial charge in [-0.1, -0.05) is 0 Å². The summed E-state index contributed by atoms with van der Waals surface area (Å²) in [7, 11) is 1.85. The van der Waals surface area contributed by atoms with Crippen LogP contribution in [-0.4, -0.2) is 46.3 Å². The van der Waals surface area contributed by atoms with E-state index in [4.69, 9.17) is 0 Å². The zero-order valence-electron chi connectivity index (χ0n) is 10.0. The van der Waals surface area contributed by atoms with Gasteiger partial charge in [-0.25, -0.2) is 0 Å². The van der Waals surface area contributed by atoms with E-state index in [9.17, 15) is 4.79 Å². The van der Waals surface area contributed by atoms with E-state index in [0.717, 1.165) is 25.3 Å². The lowest BCUT2D eigenvalue weighted by molar-refractivity contribution is 0.0649. The molecule has 1 aliphatic rings. The average Bonchev–Trinajstić information content (AvgIpc) is 2.59. The van der Waals surface area contributed by atoms with Crippen molar-refractivity contribution >= 4 is 5.91 Å². The van der Waals surface area contributed by atoms with Crippen molar-refractivity contribution in [1.29, 1.82) is 0 Å². The maximum atomic E-state index is 12.2. The Labute approximate surface area is 95.4 Å². The second-order valence-electron chi connectivity index (χ2n) is 4.35. The summed E-state index contributed by atoms with van der Waals surface area (Å²) in [6.45, 7) is 6.49. The summed E-state index contributed by atoms with van der Waals surface area (Å²) in [5, 5.41) is 7.49. The topological polar surface area (TPSA) is 50.2 Å². The van der Waals surface area contributed by atoms with E-state index >= 15 is 0 Å². The molecule has 1 amide bonds. The van der Waals surface area contributed by atoms with Crippen LogP contribution in [0.2, 0.25) is 0 Å². The number of nitrogens with zero attached hydrogens (tertiary/aromatic N) is 3. The number of piperazine rings is 1. The molecule has 1 fully saturated rings. The quantitative estimate of drug-likeness (QED) is 0.736. The third-order valence-electron chi connectivity index (χ3n) is 3.10. The van der Waals surface area contributed by atoms with Gasteiger partial charge in [0.15, 0.2) is 5.69 Å². The molecule has 0 aromatic carbocycles. The summed E-state index contributed by atoms with van der Waals surface area (Å²) in [5.74, 6) is 0.0395. The Morgan fingerprint density at radius 2 is 2.38 bits per heavy atom. The lowest BCUT2D eigenvalue weighted by atomic mass is 10.2. The second kappa shape index (κ2) is 4.25. The van der Waals surface area contributed by atoms with E-state index < -0.39 is 0 Å². The number of carbonyl (C=O) groups is 1. The summed E-state index contributed by atoms with van der Waals surface area (Å²) in [6, 6.07) is 2.08. The molecule has 2 heterocycles. The Morgan fingerprint density at radius 1 is 1.62 bits per heavy atom. The number of nitrogens with one attached hydrogen (secondary N) is 1. The number of carbonyl (C=O) groups excluding carboxylic acids is 1. The summed E-state index contributed by atoms with van der Waals surface area (Å²) in [5.41, 5.74) is 1.56. The van der Waals surface area contributed by atoms with Gasteiger partial charge in [0, 0.05) is 38.4 Å². The lowest BCUT2D eigenvalue weighted by Crippen LogP contribution is -2.52. The standard InChI is InChI=1S/C11H18N4O/c1-8-6-10(13-14(8)3)11(16)15-5-4-12-7-9(15)2/h6,9,12H,4-5,7H2,1-3H3. The molecule has 16 heavy (non-hydrogen) atoms. The van der Waals surface area contributed by atoms with Gasteiger partial charge < -0.3 is 10.2 Å². The van der Waals surface area contributed by atoms with Crippen LogP contribution in [-0.2, 0) is 7.05 Å². The predicted octanol–water partition coefficient (Wildman–Crippen LogP) is 0.162. The fourth-order valence-electron chi connectivity index (χ4n) is 1.96. The Bertz CT molecular complexity index is 379. The van der Waals surface area contributed by atoms with Crippen molar-refractivity contribution in [1.82, 2.24) is 20.0 Å². The molecule has 1 unspecified atom stereocenters. The van der Waals surface area contributed by atoms with Crippen molar-refractivity contribution in [3.63, 3.8) is 0 Å². The van der Waals surface area contributed by atoms with Crippen LogP contribution in [0.5, 0.6) is 0 Å². The number of aromatic nitrogens is 2.